The highest BCUT2D eigenvalue weighted by Gasteiger charge is 2.27. The van der Waals surface area contributed by atoms with Crippen molar-refractivity contribution >= 4 is 11.6 Å². The molecule has 1 aliphatic rings. The van der Waals surface area contributed by atoms with Crippen molar-refractivity contribution in [2.24, 2.45) is 11.7 Å². The fourth-order valence-electron chi connectivity index (χ4n) is 2.69. The van der Waals surface area contributed by atoms with Crippen LogP contribution in [0, 0.1) is 5.92 Å². The van der Waals surface area contributed by atoms with E-state index < -0.39 is 0 Å². The van der Waals surface area contributed by atoms with Gasteiger partial charge in [-0.1, -0.05) is 18.5 Å². The molecule has 0 radical (unpaired) electrons. The normalized spacial score (nSPS) is 26.1. The lowest BCUT2D eigenvalue weighted by atomic mass is 9.90. The van der Waals surface area contributed by atoms with E-state index in [1.54, 1.807) is 6.20 Å². The highest BCUT2D eigenvalue weighted by molar-refractivity contribution is 6.29. The zero-order valence-electron chi connectivity index (χ0n) is 10.3. The minimum Gasteiger partial charge on any atom is -0.329 e. The van der Waals surface area contributed by atoms with Crippen molar-refractivity contribution in [3.05, 3.63) is 29.0 Å². The fourth-order valence-corrected chi connectivity index (χ4v) is 2.88. The van der Waals surface area contributed by atoms with Gasteiger partial charge in [-0.15, -0.1) is 0 Å². The zero-order chi connectivity index (χ0) is 12.3. The van der Waals surface area contributed by atoms with E-state index in [1.807, 2.05) is 12.1 Å². The molecule has 2 heterocycles. The van der Waals surface area contributed by atoms with E-state index in [4.69, 9.17) is 17.3 Å². The lowest BCUT2D eigenvalue weighted by Crippen LogP contribution is -2.47. The molecule has 3 nitrogen and oxygen atoms in total. The summed E-state index contributed by atoms with van der Waals surface area (Å²) < 4.78 is 0. The number of aromatic nitrogens is 1. The van der Waals surface area contributed by atoms with Gasteiger partial charge in [0, 0.05) is 25.3 Å². The van der Waals surface area contributed by atoms with Gasteiger partial charge in [0.25, 0.3) is 0 Å². The van der Waals surface area contributed by atoms with E-state index in [9.17, 15) is 0 Å². The molecular formula is C13H20ClN3. The van der Waals surface area contributed by atoms with E-state index in [0.29, 0.717) is 17.1 Å². The zero-order valence-corrected chi connectivity index (χ0v) is 11.0. The molecule has 0 spiro atoms. The first-order chi connectivity index (χ1) is 8.20. The van der Waals surface area contributed by atoms with Crippen molar-refractivity contribution < 1.29 is 0 Å². The summed E-state index contributed by atoms with van der Waals surface area (Å²) >= 11 is 5.91. The van der Waals surface area contributed by atoms with Gasteiger partial charge < -0.3 is 5.73 Å². The molecule has 4 heteroatoms. The van der Waals surface area contributed by atoms with E-state index in [0.717, 1.165) is 19.6 Å². The van der Waals surface area contributed by atoms with Crippen molar-refractivity contribution in [3.63, 3.8) is 0 Å². The second kappa shape index (κ2) is 5.80. The van der Waals surface area contributed by atoms with Crippen LogP contribution in [0.15, 0.2) is 18.3 Å². The van der Waals surface area contributed by atoms with Crippen molar-refractivity contribution in [1.29, 1.82) is 0 Å². The topological polar surface area (TPSA) is 42.2 Å². The van der Waals surface area contributed by atoms with Gasteiger partial charge in [0.15, 0.2) is 0 Å². The molecule has 2 N–H and O–H groups in total. The molecule has 2 unspecified atom stereocenters. The first-order valence-corrected chi connectivity index (χ1v) is 6.63. The molecule has 1 aromatic rings. The number of halogens is 1. The van der Waals surface area contributed by atoms with Crippen LogP contribution >= 0.6 is 11.6 Å². The molecule has 1 saturated heterocycles. The SMILES string of the molecule is CC1CCCN(Cc2ccnc(Cl)c2)C1CN. The number of nitrogens with zero attached hydrogens (tertiary/aromatic N) is 2. The number of rotatable bonds is 3. The summed E-state index contributed by atoms with van der Waals surface area (Å²) in [7, 11) is 0. The maximum Gasteiger partial charge on any atom is 0.129 e. The van der Waals surface area contributed by atoms with Gasteiger partial charge in [0.2, 0.25) is 0 Å². The summed E-state index contributed by atoms with van der Waals surface area (Å²) in [6, 6.07) is 4.46. The lowest BCUT2D eigenvalue weighted by Gasteiger charge is -2.39. The Morgan fingerprint density at radius 3 is 3.12 bits per heavy atom. The second-order valence-corrected chi connectivity index (χ2v) is 5.27. The highest BCUT2D eigenvalue weighted by Crippen LogP contribution is 2.24. The standard InChI is InChI=1S/C13H20ClN3/c1-10-3-2-6-17(12(10)8-15)9-11-4-5-16-13(14)7-11/h4-5,7,10,12H,2-3,6,8-9,15H2,1H3. The minimum absolute atomic E-state index is 0.496. The molecule has 17 heavy (non-hydrogen) atoms. The van der Waals surface area contributed by atoms with E-state index in [-0.39, 0.29) is 0 Å². The molecule has 94 valence electrons. The Kier molecular flexibility index (Phi) is 4.37. The Balaban J connectivity index is 2.06. The maximum atomic E-state index is 5.91. The third-order valence-corrected chi connectivity index (χ3v) is 3.86. The largest absolute Gasteiger partial charge is 0.329 e. The Bertz CT molecular complexity index is 369. The fraction of sp³-hybridized carbons (Fsp3) is 0.615. The van der Waals surface area contributed by atoms with Crippen molar-refractivity contribution in [2.45, 2.75) is 32.4 Å². The first-order valence-electron chi connectivity index (χ1n) is 6.25. The van der Waals surface area contributed by atoms with E-state index in [1.165, 1.54) is 18.4 Å². The molecule has 1 aliphatic heterocycles. The third kappa shape index (κ3) is 3.18. The van der Waals surface area contributed by atoms with Crippen LogP contribution in [0.1, 0.15) is 25.3 Å². The number of nitrogens with two attached hydrogens (primary N) is 1. The summed E-state index contributed by atoms with van der Waals surface area (Å²) in [5.41, 5.74) is 7.11. The predicted octanol–water partition coefficient (Wildman–Crippen LogP) is 2.29. The van der Waals surface area contributed by atoms with Gasteiger partial charge in [-0.3, -0.25) is 4.90 Å². The average molecular weight is 254 g/mol. The van der Waals surface area contributed by atoms with Crippen LogP contribution in [0.5, 0.6) is 0 Å². The quantitative estimate of drug-likeness (QED) is 0.841. The molecular weight excluding hydrogens is 234 g/mol. The Labute approximate surface area is 108 Å². The van der Waals surface area contributed by atoms with Gasteiger partial charge in [-0.05, 0) is 43.0 Å². The van der Waals surface area contributed by atoms with Crippen molar-refractivity contribution in [1.82, 2.24) is 9.88 Å². The number of pyridine rings is 1. The van der Waals surface area contributed by atoms with Gasteiger partial charge in [-0.2, -0.15) is 0 Å². The van der Waals surface area contributed by atoms with Crippen LogP contribution in [-0.4, -0.2) is 29.0 Å². The second-order valence-electron chi connectivity index (χ2n) is 4.88. The van der Waals surface area contributed by atoms with E-state index in [2.05, 4.69) is 16.8 Å². The van der Waals surface area contributed by atoms with Gasteiger partial charge in [-0.25, -0.2) is 4.98 Å². The summed E-state index contributed by atoms with van der Waals surface area (Å²) in [5, 5.41) is 0.567. The van der Waals surface area contributed by atoms with Gasteiger partial charge in [0.05, 0.1) is 0 Å². The average Bonchev–Trinajstić information content (AvgIpc) is 2.29. The molecule has 0 aliphatic carbocycles. The number of hydrogen-bond donors (Lipinski definition) is 1. The molecule has 0 amide bonds. The van der Waals surface area contributed by atoms with Crippen LogP contribution in [0.2, 0.25) is 5.15 Å². The number of likely N-dealkylation sites (tertiary alicyclic amines) is 1. The first kappa shape index (κ1) is 12.8. The Morgan fingerprint density at radius 2 is 2.41 bits per heavy atom. The van der Waals surface area contributed by atoms with Crippen molar-refractivity contribution in [3.8, 4) is 0 Å². The molecule has 0 saturated carbocycles. The van der Waals surface area contributed by atoms with E-state index >= 15 is 0 Å². The Hall–Kier alpha value is -0.640. The summed E-state index contributed by atoms with van der Waals surface area (Å²) in [5.74, 6) is 0.686. The molecule has 1 aromatic heterocycles. The monoisotopic (exact) mass is 253 g/mol. The lowest BCUT2D eigenvalue weighted by molar-refractivity contribution is 0.0990. The van der Waals surface area contributed by atoms with Crippen LogP contribution in [0.4, 0.5) is 0 Å². The Morgan fingerprint density at radius 1 is 1.59 bits per heavy atom. The maximum absolute atomic E-state index is 5.91. The molecule has 1 fully saturated rings. The van der Waals surface area contributed by atoms with Gasteiger partial charge >= 0.3 is 0 Å². The summed E-state index contributed by atoms with van der Waals surface area (Å²) in [6.07, 6.45) is 4.31. The molecule has 2 rings (SSSR count). The number of piperidine rings is 1. The van der Waals surface area contributed by atoms with Crippen LogP contribution in [0.25, 0.3) is 0 Å². The predicted molar refractivity (Wildman–Crippen MR) is 70.9 cm³/mol. The van der Waals surface area contributed by atoms with Crippen molar-refractivity contribution in [2.75, 3.05) is 13.1 Å². The minimum atomic E-state index is 0.496. The molecule has 2 atom stereocenters. The van der Waals surface area contributed by atoms with Crippen LogP contribution in [-0.2, 0) is 6.54 Å². The summed E-state index contributed by atoms with van der Waals surface area (Å²) in [6.45, 7) is 5.09. The number of hydrogen-bond acceptors (Lipinski definition) is 3. The summed E-state index contributed by atoms with van der Waals surface area (Å²) in [4.78, 5) is 6.48. The smallest absolute Gasteiger partial charge is 0.129 e. The van der Waals surface area contributed by atoms with Crippen LogP contribution < -0.4 is 5.73 Å². The molecule has 0 bridgehead atoms. The van der Waals surface area contributed by atoms with Gasteiger partial charge in [0.1, 0.15) is 5.15 Å². The third-order valence-electron chi connectivity index (χ3n) is 3.65. The molecule has 0 aromatic carbocycles. The van der Waals surface area contributed by atoms with Crippen LogP contribution in [0.3, 0.4) is 0 Å². The highest BCUT2D eigenvalue weighted by atomic mass is 35.5.